The number of nitrogens with one attached hydrogen (secondary N) is 3. The average Bonchev–Trinajstić information content (AvgIpc) is 2.71. The Morgan fingerprint density at radius 2 is 1.30 bits per heavy atom. The van der Waals surface area contributed by atoms with Crippen molar-refractivity contribution in [2.24, 2.45) is 17.4 Å². The average molecular weight is 475 g/mol. The van der Waals surface area contributed by atoms with E-state index in [-0.39, 0.29) is 38.0 Å². The highest BCUT2D eigenvalue weighted by molar-refractivity contribution is 5.94. The van der Waals surface area contributed by atoms with Crippen molar-refractivity contribution in [3.63, 3.8) is 0 Å². The number of hydrogen-bond acceptors (Lipinski definition) is 8. The lowest BCUT2D eigenvalue weighted by atomic mass is 10.0. The molecule has 0 bridgehead atoms. The van der Waals surface area contributed by atoms with Gasteiger partial charge in [-0.25, -0.2) is 4.79 Å². The summed E-state index contributed by atoms with van der Waals surface area (Å²) >= 11 is 0. The van der Waals surface area contributed by atoms with Crippen molar-refractivity contribution in [3.05, 3.63) is 0 Å². The molecule has 0 aromatic carbocycles. The van der Waals surface area contributed by atoms with Crippen molar-refractivity contribution < 1.29 is 44.1 Å². The van der Waals surface area contributed by atoms with Crippen LogP contribution in [0, 0.1) is 5.92 Å². The monoisotopic (exact) mass is 475 g/mol. The van der Waals surface area contributed by atoms with Gasteiger partial charge < -0.3 is 42.7 Å². The molecule has 4 amide bonds. The fraction of sp³-hybridized carbons (Fsp3) is 0.684. The van der Waals surface area contributed by atoms with Gasteiger partial charge in [0.05, 0.1) is 12.6 Å². The van der Waals surface area contributed by atoms with E-state index in [9.17, 15) is 28.8 Å². The number of amides is 4. The standard InChI is InChI=1S/C19H33N5O9/c1-9(2)7-12(18(31)24-13(8-25)19(32)33)23-17(30)11(4-5-14(21)26)22-16(29)10(20)3-6-15(27)28/h9-13,25H,3-8,20H2,1-2H3,(H2,21,26)(H,22,29)(H,23,30)(H,24,31)(H,27,28)(H,32,33). The van der Waals surface area contributed by atoms with Crippen molar-refractivity contribution in [1.82, 2.24) is 16.0 Å². The SMILES string of the molecule is CC(C)CC(NC(=O)C(CCC(N)=O)NC(=O)C(N)CCC(=O)O)C(=O)NC(CO)C(=O)O. The number of primary amides is 1. The van der Waals surface area contributed by atoms with Crippen molar-refractivity contribution in [2.45, 2.75) is 70.1 Å². The number of aliphatic carboxylic acids is 2. The van der Waals surface area contributed by atoms with E-state index in [1.54, 1.807) is 13.8 Å². The van der Waals surface area contributed by atoms with E-state index in [1.165, 1.54) is 0 Å². The van der Waals surface area contributed by atoms with E-state index < -0.39 is 66.3 Å². The van der Waals surface area contributed by atoms with E-state index in [2.05, 4.69) is 16.0 Å². The highest BCUT2D eigenvalue weighted by Gasteiger charge is 2.30. The highest BCUT2D eigenvalue weighted by atomic mass is 16.4. The van der Waals surface area contributed by atoms with E-state index >= 15 is 0 Å². The number of nitrogens with two attached hydrogens (primary N) is 2. The van der Waals surface area contributed by atoms with Crippen molar-refractivity contribution in [3.8, 4) is 0 Å². The summed E-state index contributed by atoms with van der Waals surface area (Å²) in [7, 11) is 0. The number of aliphatic hydroxyl groups is 1. The zero-order chi connectivity index (χ0) is 25.7. The lowest BCUT2D eigenvalue weighted by molar-refractivity contribution is -0.143. The van der Waals surface area contributed by atoms with Crippen molar-refractivity contribution in [1.29, 1.82) is 0 Å². The molecule has 0 saturated carbocycles. The van der Waals surface area contributed by atoms with Crippen LogP contribution >= 0.6 is 0 Å². The van der Waals surface area contributed by atoms with Crippen LogP contribution in [-0.4, -0.2) is 81.7 Å². The van der Waals surface area contributed by atoms with Crippen LogP contribution < -0.4 is 27.4 Å². The first-order valence-corrected chi connectivity index (χ1v) is 10.3. The first-order valence-electron chi connectivity index (χ1n) is 10.3. The minimum absolute atomic E-state index is 0.101. The molecule has 0 aromatic heterocycles. The Hall–Kier alpha value is -3.26. The third kappa shape index (κ3) is 12.4. The summed E-state index contributed by atoms with van der Waals surface area (Å²) in [6.07, 6.45) is -0.970. The van der Waals surface area contributed by atoms with Gasteiger partial charge in [-0.2, -0.15) is 0 Å². The minimum Gasteiger partial charge on any atom is -0.481 e. The van der Waals surface area contributed by atoms with Gasteiger partial charge in [0, 0.05) is 12.8 Å². The van der Waals surface area contributed by atoms with Gasteiger partial charge in [-0.3, -0.25) is 24.0 Å². The number of rotatable bonds is 16. The van der Waals surface area contributed by atoms with Gasteiger partial charge in [0.2, 0.25) is 23.6 Å². The smallest absolute Gasteiger partial charge is 0.328 e. The Morgan fingerprint density at radius 3 is 1.76 bits per heavy atom. The van der Waals surface area contributed by atoms with Gasteiger partial charge >= 0.3 is 11.9 Å². The van der Waals surface area contributed by atoms with Crippen LogP contribution in [0.3, 0.4) is 0 Å². The van der Waals surface area contributed by atoms with Crippen LogP contribution in [0.1, 0.15) is 46.0 Å². The summed E-state index contributed by atoms with van der Waals surface area (Å²) in [4.78, 5) is 70.5. The predicted octanol–water partition coefficient (Wildman–Crippen LogP) is -2.98. The molecule has 14 heteroatoms. The number of hydrogen-bond donors (Lipinski definition) is 8. The van der Waals surface area contributed by atoms with Crippen LogP contribution in [0.2, 0.25) is 0 Å². The van der Waals surface area contributed by atoms with Gasteiger partial charge in [0.15, 0.2) is 0 Å². The lowest BCUT2D eigenvalue weighted by Crippen LogP contribution is -2.57. The van der Waals surface area contributed by atoms with E-state index in [1.807, 2.05) is 0 Å². The second-order valence-electron chi connectivity index (χ2n) is 7.88. The Morgan fingerprint density at radius 1 is 0.788 bits per heavy atom. The zero-order valence-electron chi connectivity index (χ0n) is 18.6. The Kier molecular flexibility index (Phi) is 13.3. The molecule has 0 spiro atoms. The molecule has 14 nitrogen and oxygen atoms in total. The maximum atomic E-state index is 12.8. The van der Waals surface area contributed by atoms with Gasteiger partial charge in [0.1, 0.15) is 18.1 Å². The number of carboxylic acids is 2. The zero-order valence-corrected chi connectivity index (χ0v) is 18.6. The molecule has 0 aromatic rings. The quantitative estimate of drug-likeness (QED) is 0.112. The topological polar surface area (TPSA) is 251 Å². The molecule has 0 aliphatic carbocycles. The molecule has 0 fully saturated rings. The third-order valence-corrected chi connectivity index (χ3v) is 4.46. The largest absolute Gasteiger partial charge is 0.481 e. The molecule has 0 aliphatic heterocycles. The first-order chi connectivity index (χ1) is 15.3. The second kappa shape index (κ2) is 14.7. The maximum Gasteiger partial charge on any atom is 0.328 e. The van der Waals surface area contributed by atoms with E-state index in [4.69, 9.17) is 26.8 Å². The molecule has 188 valence electrons. The van der Waals surface area contributed by atoms with Crippen LogP contribution in [-0.2, 0) is 28.8 Å². The molecular formula is C19H33N5O9. The van der Waals surface area contributed by atoms with Gasteiger partial charge in [0.25, 0.3) is 0 Å². The minimum atomic E-state index is -1.58. The normalized spacial score (nSPS) is 14.5. The predicted molar refractivity (Wildman–Crippen MR) is 113 cm³/mol. The van der Waals surface area contributed by atoms with E-state index in [0.29, 0.717) is 0 Å². The number of carbonyl (C=O) groups excluding carboxylic acids is 4. The number of carbonyl (C=O) groups is 6. The van der Waals surface area contributed by atoms with Gasteiger partial charge in [-0.1, -0.05) is 13.8 Å². The van der Waals surface area contributed by atoms with Gasteiger partial charge in [-0.15, -0.1) is 0 Å². The molecule has 0 radical (unpaired) electrons. The van der Waals surface area contributed by atoms with Crippen molar-refractivity contribution in [2.75, 3.05) is 6.61 Å². The lowest BCUT2D eigenvalue weighted by Gasteiger charge is -2.25. The maximum absolute atomic E-state index is 12.8. The fourth-order valence-electron chi connectivity index (χ4n) is 2.68. The molecular weight excluding hydrogens is 442 g/mol. The first kappa shape index (κ1) is 29.7. The molecule has 4 unspecified atom stereocenters. The fourth-order valence-corrected chi connectivity index (χ4v) is 2.68. The Bertz CT molecular complexity index is 728. The summed E-state index contributed by atoms with van der Waals surface area (Å²) < 4.78 is 0. The molecule has 10 N–H and O–H groups in total. The highest BCUT2D eigenvalue weighted by Crippen LogP contribution is 2.08. The molecule has 4 atom stereocenters. The molecule has 33 heavy (non-hydrogen) atoms. The number of carboxylic acid groups (broad SMARTS) is 2. The summed E-state index contributed by atoms with van der Waals surface area (Å²) in [6, 6.07) is -5.35. The molecule has 0 rings (SSSR count). The van der Waals surface area contributed by atoms with Crippen molar-refractivity contribution >= 4 is 35.6 Å². The number of aliphatic hydroxyl groups excluding tert-OH is 1. The van der Waals surface area contributed by atoms with Crippen LogP contribution in [0.25, 0.3) is 0 Å². The van der Waals surface area contributed by atoms with Gasteiger partial charge in [-0.05, 0) is 25.2 Å². The molecule has 0 heterocycles. The Balaban J connectivity index is 5.46. The van der Waals surface area contributed by atoms with Crippen LogP contribution in [0.5, 0.6) is 0 Å². The van der Waals surface area contributed by atoms with Crippen LogP contribution in [0.4, 0.5) is 0 Å². The third-order valence-electron chi connectivity index (χ3n) is 4.46. The summed E-state index contributed by atoms with van der Waals surface area (Å²) in [5.74, 6) is -6.04. The van der Waals surface area contributed by atoms with Crippen LogP contribution in [0.15, 0.2) is 0 Å². The Labute approximate surface area is 190 Å². The molecule has 0 aliphatic rings. The van der Waals surface area contributed by atoms with E-state index in [0.717, 1.165) is 0 Å². The molecule has 0 saturated heterocycles. The second-order valence-corrected chi connectivity index (χ2v) is 7.88. The summed E-state index contributed by atoms with van der Waals surface area (Å²) in [5.41, 5.74) is 10.8. The summed E-state index contributed by atoms with van der Waals surface area (Å²) in [5, 5.41) is 33.7. The summed E-state index contributed by atoms with van der Waals surface area (Å²) in [6.45, 7) is 2.64.